The Morgan fingerprint density at radius 1 is 0.941 bits per heavy atom. The lowest BCUT2D eigenvalue weighted by atomic mass is 10.2. The van der Waals surface area contributed by atoms with Crippen LogP contribution in [0.3, 0.4) is 0 Å². The number of nitrogens with zero attached hydrogens (tertiary/aromatic N) is 1. The monoisotopic (exact) mass is 241 g/mol. The lowest BCUT2D eigenvalue weighted by Gasteiger charge is -2.14. The SMILES string of the molecule is CC.CC.CC.Cc1ccc(N(C)N)c(N)c1. The molecule has 0 radical (unpaired) electrons. The first-order chi connectivity index (χ1) is 8.11. The van der Waals surface area contributed by atoms with Gasteiger partial charge in [0.05, 0.1) is 11.4 Å². The third-order valence-corrected chi connectivity index (χ3v) is 1.56. The van der Waals surface area contributed by atoms with Crippen molar-refractivity contribution in [2.24, 2.45) is 5.84 Å². The van der Waals surface area contributed by atoms with Crippen molar-refractivity contribution in [1.29, 1.82) is 0 Å². The van der Waals surface area contributed by atoms with Crippen LogP contribution in [0.4, 0.5) is 11.4 Å². The molecule has 0 bridgehead atoms. The fourth-order valence-electron chi connectivity index (χ4n) is 0.995. The van der Waals surface area contributed by atoms with Crippen molar-refractivity contribution in [3.05, 3.63) is 23.8 Å². The summed E-state index contributed by atoms with van der Waals surface area (Å²) in [5.74, 6) is 5.52. The maximum absolute atomic E-state index is 5.70. The predicted molar refractivity (Wildman–Crippen MR) is 82.2 cm³/mol. The Morgan fingerprint density at radius 2 is 1.35 bits per heavy atom. The maximum atomic E-state index is 5.70. The molecular formula is C14H31N3. The molecule has 3 nitrogen and oxygen atoms in total. The third kappa shape index (κ3) is 9.69. The summed E-state index contributed by atoms with van der Waals surface area (Å²) in [6.45, 7) is 14.0. The first-order valence-corrected chi connectivity index (χ1v) is 6.46. The Kier molecular flexibility index (Phi) is 18.3. The van der Waals surface area contributed by atoms with E-state index in [0.29, 0.717) is 0 Å². The first kappa shape index (κ1) is 21.1. The van der Waals surface area contributed by atoms with E-state index in [0.717, 1.165) is 16.9 Å². The Hall–Kier alpha value is -1.22. The van der Waals surface area contributed by atoms with Gasteiger partial charge in [-0.3, -0.25) is 0 Å². The number of nitrogens with two attached hydrogens (primary N) is 2. The standard InChI is InChI=1S/C8H13N3.3C2H6/c1-6-3-4-8(11(2)10)7(9)5-6;3*1-2/h3-5H,9-10H2,1-2H3;3*1-2H3. The van der Waals surface area contributed by atoms with Gasteiger partial charge in [-0.05, 0) is 24.6 Å². The third-order valence-electron chi connectivity index (χ3n) is 1.56. The molecule has 0 atom stereocenters. The van der Waals surface area contributed by atoms with Crippen molar-refractivity contribution in [3.63, 3.8) is 0 Å². The molecule has 0 heterocycles. The molecule has 0 aliphatic rings. The molecule has 0 aliphatic carbocycles. The Morgan fingerprint density at radius 3 is 1.65 bits per heavy atom. The molecule has 0 unspecified atom stereocenters. The molecule has 1 aromatic rings. The number of hydrogen-bond donors (Lipinski definition) is 2. The number of aryl methyl sites for hydroxylation is 1. The van der Waals surface area contributed by atoms with Crippen LogP contribution in [-0.4, -0.2) is 7.05 Å². The molecule has 1 rings (SSSR count). The van der Waals surface area contributed by atoms with Crippen LogP contribution >= 0.6 is 0 Å². The van der Waals surface area contributed by atoms with Crippen molar-refractivity contribution in [2.75, 3.05) is 17.8 Å². The molecule has 0 spiro atoms. The highest BCUT2D eigenvalue weighted by Gasteiger charge is 1.99. The zero-order valence-corrected chi connectivity index (χ0v) is 12.8. The number of nitrogen functional groups attached to an aromatic ring is 1. The van der Waals surface area contributed by atoms with Crippen LogP contribution in [0.2, 0.25) is 0 Å². The number of hydrogen-bond acceptors (Lipinski definition) is 3. The number of rotatable bonds is 1. The molecule has 0 saturated heterocycles. The van der Waals surface area contributed by atoms with Gasteiger partial charge in [-0.1, -0.05) is 47.6 Å². The van der Waals surface area contributed by atoms with Gasteiger partial charge in [-0.2, -0.15) is 0 Å². The summed E-state index contributed by atoms with van der Waals surface area (Å²) in [5, 5.41) is 1.51. The average Bonchev–Trinajstić information content (AvgIpc) is 2.36. The topological polar surface area (TPSA) is 55.3 Å². The molecule has 1 aromatic carbocycles. The zero-order valence-electron chi connectivity index (χ0n) is 12.8. The molecular weight excluding hydrogens is 210 g/mol. The van der Waals surface area contributed by atoms with E-state index < -0.39 is 0 Å². The van der Waals surface area contributed by atoms with Gasteiger partial charge in [0.1, 0.15) is 0 Å². The van der Waals surface area contributed by atoms with Crippen LogP contribution in [0.5, 0.6) is 0 Å². The molecule has 0 aliphatic heterocycles. The Labute approximate surface area is 108 Å². The first-order valence-electron chi connectivity index (χ1n) is 6.46. The number of benzene rings is 1. The van der Waals surface area contributed by atoms with Gasteiger partial charge < -0.3 is 10.7 Å². The molecule has 0 fully saturated rings. The summed E-state index contributed by atoms with van der Waals surface area (Å²) in [6.07, 6.45) is 0. The van der Waals surface area contributed by atoms with Crippen molar-refractivity contribution < 1.29 is 0 Å². The van der Waals surface area contributed by atoms with E-state index in [1.807, 2.05) is 66.7 Å². The van der Waals surface area contributed by atoms with E-state index in [-0.39, 0.29) is 0 Å². The van der Waals surface area contributed by atoms with Gasteiger partial charge in [0.2, 0.25) is 0 Å². The number of anilines is 2. The van der Waals surface area contributed by atoms with E-state index in [4.69, 9.17) is 11.6 Å². The Bertz CT molecular complexity index is 258. The van der Waals surface area contributed by atoms with E-state index in [2.05, 4.69) is 0 Å². The van der Waals surface area contributed by atoms with Crippen molar-refractivity contribution in [1.82, 2.24) is 0 Å². The molecule has 3 heteroatoms. The molecule has 0 amide bonds. The van der Waals surface area contributed by atoms with E-state index in [9.17, 15) is 0 Å². The highest BCUT2D eigenvalue weighted by Crippen LogP contribution is 2.20. The highest BCUT2D eigenvalue weighted by molar-refractivity contribution is 5.67. The highest BCUT2D eigenvalue weighted by atomic mass is 15.4. The van der Waals surface area contributed by atoms with Crippen LogP contribution in [0, 0.1) is 6.92 Å². The summed E-state index contributed by atoms with van der Waals surface area (Å²) >= 11 is 0. The summed E-state index contributed by atoms with van der Waals surface area (Å²) in [7, 11) is 1.76. The van der Waals surface area contributed by atoms with Crippen molar-refractivity contribution in [2.45, 2.75) is 48.5 Å². The minimum absolute atomic E-state index is 0.718. The predicted octanol–water partition coefficient (Wildman–Crippen LogP) is 3.97. The van der Waals surface area contributed by atoms with Gasteiger partial charge >= 0.3 is 0 Å². The van der Waals surface area contributed by atoms with Gasteiger partial charge in [-0.15, -0.1) is 0 Å². The minimum atomic E-state index is 0.718. The van der Waals surface area contributed by atoms with E-state index in [1.54, 1.807) is 7.05 Å². The van der Waals surface area contributed by atoms with Crippen LogP contribution in [0.1, 0.15) is 47.1 Å². The second kappa shape index (κ2) is 14.8. The lowest BCUT2D eigenvalue weighted by molar-refractivity contribution is 1.02. The van der Waals surface area contributed by atoms with Crippen LogP contribution in [-0.2, 0) is 0 Å². The van der Waals surface area contributed by atoms with Gasteiger partial charge in [0.25, 0.3) is 0 Å². The lowest BCUT2D eigenvalue weighted by Crippen LogP contribution is -2.25. The molecule has 4 N–H and O–H groups in total. The summed E-state index contributed by atoms with van der Waals surface area (Å²) in [4.78, 5) is 0. The number of hydrazine groups is 1. The molecule has 0 aromatic heterocycles. The largest absolute Gasteiger partial charge is 0.397 e. The van der Waals surface area contributed by atoms with E-state index in [1.165, 1.54) is 5.01 Å². The fourth-order valence-corrected chi connectivity index (χ4v) is 0.995. The normalized spacial score (nSPS) is 7.35. The summed E-state index contributed by atoms with van der Waals surface area (Å²) < 4.78 is 0. The van der Waals surface area contributed by atoms with Gasteiger partial charge in [0, 0.05) is 7.05 Å². The second-order valence-corrected chi connectivity index (χ2v) is 2.67. The van der Waals surface area contributed by atoms with E-state index >= 15 is 0 Å². The smallest absolute Gasteiger partial charge is 0.0743 e. The van der Waals surface area contributed by atoms with Gasteiger partial charge in [-0.25, -0.2) is 5.84 Å². The quantitative estimate of drug-likeness (QED) is 0.444. The summed E-state index contributed by atoms with van der Waals surface area (Å²) in [6, 6.07) is 5.79. The van der Waals surface area contributed by atoms with Crippen LogP contribution in [0.25, 0.3) is 0 Å². The van der Waals surface area contributed by atoms with Gasteiger partial charge in [0.15, 0.2) is 0 Å². The van der Waals surface area contributed by atoms with Crippen molar-refractivity contribution >= 4 is 11.4 Å². The Balaban J connectivity index is -0.000000285. The van der Waals surface area contributed by atoms with Crippen LogP contribution < -0.4 is 16.6 Å². The fraction of sp³-hybridized carbons (Fsp3) is 0.571. The average molecular weight is 241 g/mol. The molecule has 17 heavy (non-hydrogen) atoms. The molecule has 102 valence electrons. The zero-order chi connectivity index (χ0) is 14.4. The minimum Gasteiger partial charge on any atom is -0.397 e. The molecule has 0 saturated carbocycles. The van der Waals surface area contributed by atoms with Crippen LogP contribution in [0.15, 0.2) is 18.2 Å². The maximum Gasteiger partial charge on any atom is 0.0743 e. The summed E-state index contributed by atoms with van der Waals surface area (Å²) in [5.41, 5.74) is 8.42. The van der Waals surface area contributed by atoms with Crippen molar-refractivity contribution in [3.8, 4) is 0 Å². The second-order valence-electron chi connectivity index (χ2n) is 2.67.